The third kappa shape index (κ3) is 3.93. The van der Waals surface area contributed by atoms with E-state index in [2.05, 4.69) is 14.9 Å². The highest BCUT2D eigenvalue weighted by Crippen LogP contribution is 2.49. The maximum atomic E-state index is 13.7. The van der Waals surface area contributed by atoms with Crippen LogP contribution in [0.2, 0.25) is 0 Å². The zero-order valence-corrected chi connectivity index (χ0v) is 19.1. The first-order valence-corrected chi connectivity index (χ1v) is 10.9. The van der Waals surface area contributed by atoms with Crippen LogP contribution >= 0.6 is 0 Å². The van der Waals surface area contributed by atoms with Crippen LogP contribution in [0.1, 0.15) is 22.7 Å². The number of rotatable bonds is 5. The summed E-state index contributed by atoms with van der Waals surface area (Å²) in [6, 6.07) is 6.87. The average Bonchev–Trinajstić information content (AvgIpc) is 3.29. The lowest BCUT2D eigenvalue weighted by molar-refractivity contribution is 0.170. The van der Waals surface area contributed by atoms with Gasteiger partial charge in [-0.1, -0.05) is 6.07 Å². The molecule has 2 aliphatic rings. The molecule has 1 aromatic heterocycles. The molecule has 0 spiro atoms. The standard InChI is InChI=1S/C24H23FN4O6/c1-28-7-6-13-8-18-20(35-12-34-18)21(33-2)19(13)17(28)11-26-10-16-22(30)27-24(32)29(23(16)31)15-5-3-4-14(25)9-15/h3-5,8-10,17,31H,6-7,11-12H2,1-2H3,(H,27,30,32). The third-order valence-electron chi connectivity index (χ3n) is 6.23. The maximum absolute atomic E-state index is 13.7. The molecule has 10 nitrogen and oxygen atoms in total. The molecule has 2 aliphatic heterocycles. The second kappa shape index (κ2) is 8.91. The Labute approximate surface area is 198 Å². The second-order valence-electron chi connectivity index (χ2n) is 8.27. The Morgan fingerprint density at radius 3 is 2.91 bits per heavy atom. The van der Waals surface area contributed by atoms with Gasteiger partial charge < -0.3 is 19.3 Å². The number of methoxy groups -OCH3 is 1. The number of aromatic hydroxyl groups is 1. The van der Waals surface area contributed by atoms with E-state index in [0.717, 1.165) is 34.7 Å². The predicted molar refractivity (Wildman–Crippen MR) is 125 cm³/mol. The lowest BCUT2D eigenvalue weighted by atomic mass is 9.91. The topological polar surface area (TPSA) is 118 Å². The number of H-pyrrole nitrogens is 1. The normalized spacial score (nSPS) is 17.1. The van der Waals surface area contributed by atoms with E-state index in [9.17, 15) is 19.1 Å². The number of halogens is 1. The SMILES string of the molecule is COc1c2c(cc3c1C(CN=Cc1c(O)n(-c4cccc(F)c4)c(=O)[nH]c1=O)N(C)CC3)OCO2. The number of hydrogen-bond acceptors (Lipinski definition) is 8. The Bertz CT molecular complexity index is 1450. The van der Waals surface area contributed by atoms with Crippen LogP contribution in [-0.4, -0.2) is 59.8 Å². The van der Waals surface area contributed by atoms with Crippen LogP contribution in [0.5, 0.6) is 23.1 Å². The van der Waals surface area contributed by atoms with Crippen molar-refractivity contribution in [3.05, 3.63) is 73.7 Å². The fourth-order valence-electron chi connectivity index (χ4n) is 4.51. The molecule has 182 valence electrons. The summed E-state index contributed by atoms with van der Waals surface area (Å²) in [5.41, 5.74) is 0.139. The van der Waals surface area contributed by atoms with Crippen molar-refractivity contribution < 1.29 is 23.7 Å². The van der Waals surface area contributed by atoms with Crippen LogP contribution in [0.15, 0.2) is 44.9 Å². The van der Waals surface area contributed by atoms with Crippen molar-refractivity contribution in [1.82, 2.24) is 14.5 Å². The molecule has 0 radical (unpaired) electrons. The molecule has 5 rings (SSSR count). The first kappa shape index (κ1) is 22.7. The van der Waals surface area contributed by atoms with Crippen LogP contribution < -0.4 is 25.5 Å². The first-order chi connectivity index (χ1) is 16.9. The van der Waals surface area contributed by atoms with Crippen molar-refractivity contribution in [2.75, 3.05) is 34.0 Å². The predicted octanol–water partition coefficient (Wildman–Crippen LogP) is 1.76. The summed E-state index contributed by atoms with van der Waals surface area (Å²) in [5, 5.41) is 10.7. The number of aliphatic imine (C=N–C) groups is 1. The number of aromatic nitrogens is 2. The maximum Gasteiger partial charge on any atom is 0.335 e. The molecule has 35 heavy (non-hydrogen) atoms. The Hall–Kier alpha value is -4.12. The Kier molecular flexibility index (Phi) is 5.77. The number of nitrogens with one attached hydrogen (secondary N) is 1. The minimum absolute atomic E-state index is 0.0696. The number of ether oxygens (including phenoxy) is 3. The summed E-state index contributed by atoms with van der Waals surface area (Å²) in [4.78, 5) is 33.4. The molecular formula is C24H23FN4O6. The minimum Gasteiger partial charge on any atom is -0.493 e. The van der Waals surface area contributed by atoms with Gasteiger partial charge in [0.2, 0.25) is 18.4 Å². The second-order valence-corrected chi connectivity index (χ2v) is 8.27. The van der Waals surface area contributed by atoms with Gasteiger partial charge in [-0.3, -0.25) is 19.7 Å². The lowest BCUT2D eigenvalue weighted by Gasteiger charge is -2.35. The zero-order chi connectivity index (χ0) is 24.7. The van der Waals surface area contributed by atoms with Gasteiger partial charge in [0, 0.05) is 18.3 Å². The molecule has 2 aromatic carbocycles. The van der Waals surface area contributed by atoms with Crippen molar-refractivity contribution in [3.63, 3.8) is 0 Å². The molecule has 3 aromatic rings. The summed E-state index contributed by atoms with van der Waals surface area (Å²) >= 11 is 0. The molecule has 1 atom stereocenters. The molecule has 11 heteroatoms. The highest BCUT2D eigenvalue weighted by molar-refractivity contribution is 5.82. The molecular weight excluding hydrogens is 459 g/mol. The molecule has 0 aliphatic carbocycles. The molecule has 1 unspecified atom stereocenters. The number of fused-ring (bicyclic) bond motifs is 2. The van der Waals surface area contributed by atoms with E-state index >= 15 is 0 Å². The van der Waals surface area contributed by atoms with E-state index in [-0.39, 0.29) is 30.6 Å². The summed E-state index contributed by atoms with van der Waals surface area (Å²) in [6.45, 7) is 1.13. The van der Waals surface area contributed by atoms with E-state index in [4.69, 9.17) is 14.2 Å². The molecule has 2 N–H and O–H groups in total. The highest BCUT2D eigenvalue weighted by atomic mass is 19.1. The smallest absolute Gasteiger partial charge is 0.335 e. The molecule has 0 amide bonds. The van der Waals surface area contributed by atoms with Gasteiger partial charge in [0.05, 0.1) is 25.4 Å². The number of hydrogen-bond donors (Lipinski definition) is 2. The molecule has 0 saturated heterocycles. The van der Waals surface area contributed by atoms with Crippen LogP contribution in [0, 0.1) is 5.82 Å². The fraction of sp³-hybridized carbons (Fsp3) is 0.292. The van der Waals surface area contributed by atoms with E-state index in [1.807, 2.05) is 13.1 Å². The summed E-state index contributed by atoms with van der Waals surface area (Å²) in [5.74, 6) is 0.549. The van der Waals surface area contributed by atoms with E-state index in [0.29, 0.717) is 17.2 Å². The van der Waals surface area contributed by atoms with Crippen molar-refractivity contribution in [2.24, 2.45) is 4.99 Å². The highest BCUT2D eigenvalue weighted by Gasteiger charge is 2.33. The van der Waals surface area contributed by atoms with Gasteiger partial charge in [-0.15, -0.1) is 0 Å². The lowest BCUT2D eigenvalue weighted by Crippen LogP contribution is -2.34. The molecule has 0 bridgehead atoms. The Morgan fingerprint density at radius 1 is 1.31 bits per heavy atom. The number of benzene rings is 2. The van der Waals surface area contributed by atoms with E-state index in [1.54, 1.807) is 7.11 Å². The molecule has 3 heterocycles. The number of nitrogens with zero attached hydrogens (tertiary/aromatic N) is 3. The van der Waals surface area contributed by atoms with Gasteiger partial charge in [-0.25, -0.2) is 13.8 Å². The van der Waals surface area contributed by atoms with Gasteiger partial charge in [0.15, 0.2) is 11.5 Å². The minimum atomic E-state index is -0.892. The third-order valence-corrected chi connectivity index (χ3v) is 6.23. The van der Waals surface area contributed by atoms with E-state index < -0.39 is 22.9 Å². The fourth-order valence-corrected chi connectivity index (χ4v) is 4.51. The largest absolute Gasteiger partial charge is 0.493 e. The Balaban J connectivity index is 1.51. The average molecular weight is 482 g/mol. The van der Waals surface area contributed by atoms with Crippen molar-refractivity contribution in [1.29, 1.82) is 0 Å². The Morgan fingerprint density at radius 2 is 2.14 bits per heavy atom. The van der Waals surface area contributed by atoms with Crippen LogP contribution in [0.25, 0.3) is 5.69 Å². The first-order valence-electron chi connectivity index (χ1n) is 10.9. The van der Waals surface area contributed by atoms with Crippen LogP contribution in [0.3, 0.4) is 0 Å². The van der Waals surface area contributed by atoms with Gasteiger partial charge in [0.1, 0.15) is 11.4 Å². The summed E-state index contributed by atoms with van der Waals surface area (Å²) in [6.07, 6.45) is 2.00. The van der Waals surface area contributed by atoms with Crippen molar-refractivity contribution >= 4 is 6.21 Å². The van der Waals surface area contributed by atoms with Crippen LogP contribution in [-0.2, 0) is 6.42 Å². The number of likely N-dealkylation sites (N-methyl/N-ethyl adjacent to an activating group) is 1. The zero-order valence-electron chi connectivity index (χ0n) is 19.1. The van der Waals surface area contributed by atoms with E-state index in [1.165, 1.54) is 24.4 Å². The molecule has 0 saturated carbocycles. The van der Waals surface area contributed by atoms with Crippen molar-refractivity contribution in [2.45, 2.75) is 12.5 Å². The van der Waals surface area contributed by atoms with Crippen LogP contribution in [0.4, 0.5) is 4.39 Å². The number of aromatic amines is 1. The van der Waals surface area contributed by atoms with Gasteiger partial charge >= 0.3 is 5.69 Å². The summed E-state index contributed by atoms with van der Waals surface area (Å²) < 4.78 is 31.3. The van der Waals surface area contributed by atoms with Gasteiger partial charge in [-0.05, 0) is 43.3 Å². The monoisotopic (exact) mass is 482 g/mol. The quantitative estimate of drug-likeness (QED) is 0.532. The van der Waals surface area contributed by atoms with Gasteiger partial charge in [0.25, 0.3) is 5.56 Å². The van der Waals surface area contributed by atoms with Crippen molar-refractivity contribution in [3.8, 4) is 28.8 Å². The van der Waals surface area contributed by atoms with Gasteiger partial charge in [-0.2, -0.15) is 0 Å². The molecule has 0 fully saturated rings. The summed E-state index contributed by atoms with van der Waals surface area (Å²) in [7, 11) is 3.53.